The highest BCUT2D eigenvalue weighted by atomic mass is 16.1. The summed E-state index contributed by atoms with van der Waals surface area (Å²) in [5, 5.41) is 3.32. The minimum Gasteiger partial charge on any atom is -0.368 e. The van der Waals surface area contributed by atoms with Crippen molar-refractivity contribution in [3.63, 3.8) is 0 Å². The van der Waals surface area contributed by atoms with Gasteiger partial charge in [-0.3, -0.25) is 9.69 Å². The number of nitrogens with one attached hydrogen (secondary N) is 1. The van der Waals surface area contributed by atoms with Crippen LogP contribution in [0.15, 0.2) is 0 Å². The van der Waals surface area contributed by atoms with Crippen molar-refractivity contribution in [2.24, 2.45) is 5.73 Å². The fourth-order valence-electron chi connectivity index (χ4n) is 3.17. The van der Waals surface area contributed by atoms with Crippen LogP contribution < -0.4 is 11.1 Å². The van der Waals surface area contributed by atoms with Gasteiger partial charge in [-0.1, -0.05) is 6.42 Å². The Morgan fingerprint density at radius 2 is 1.89 bits per heavy atom. The van der Waals surface area contributed by atoms with Crippen molar-refractivity contribution in [3.05, 3.63) is 0 Å². The number of carbonyl (C=O) groups is 1. The molecule has 4 heteroatoms. The van der Waals surface area contributed by atoms with Crippen LogP contribution >= 0.6 is 0 Å². The molecule has 4 nitrogen and oxygen atoms in total. The maximum atomic E-state index is 11.7. The molecule has 19 heavy (non-hydrogen) atoms. The number of piperidine rings is 1. The summed E-state index contributed by atoms with van der Waals surface area (Å²) in [6.45, 7) is 11.5. The summed E-state index contributed by atoms with van der Waals surface area (Å²) in [6.07, 6.45) is 4.61. The molecule has 1 heterocycles. The number of nitrogens with two attached hydrogens (primary N) is 1. The third kappa shape index (κ3) is 4.46. The standard InChI is InChI=1S/C15H31N3O/c1-11(2)17-15(5,14(16)19)9-10-18-12(3)7-6-8-13(18)4/h11-13,17H,6-10H2,1-5H3,(H2,16,19)/t12-,13+,15?. The highest BCUT2D eigenvalue weighted by molar-refractivity contribution is 5.84. The molecule has 0 bridgehead atoms. The van der Waals surface area contributed by atoms with Gasteiger partial charge in [0.1, 0.15) is 0 Å². The van der Waals surface area contributed by atoms with Gasteiger partial charge in [-0.15, -0.1) is 0 Å². The van der Waals surface area contributed by atoms with Gasteiger partial charge in [0.2, 0.25) is 5.91 Å². The summed E-state index contributed by atoms with van der Waals surface area (Å²) in [5.41, 5.74) is 4.98. The molecule has 1 saturated heterocycles. The van der Waals surface area contributed by atoms with Gasteiger partial charge in [-0.25, -0.2) is 0 Å². The lowest BCUT2D eigenvalue weighted by atomic mass is 9.92. The fraction of sp³-hybridized carbons (Fsp3) is 0.933. The molecule has 3 atom stereocenters. The number of nitrogens with zero attached hydrogens (tertiary/aromatic N) is 1. The van der Waals surface area contributed by atoms with Gasteiger partial charge in [0.25, 0.3) is 0 Å². The largest absolute Gasteiger partial charge is 0.368 e. The van der Waals surface area contributed by atoms with Crippen molar-refractivity contribution in [1.82, 2.24) is 10.2 Å². The second-order valence-corrected chi connectivity index (χ2v) is 6.61. The molecular formula is C15H31N3O. The Hall–Kier alpha value is -0.610. The van der Waals surface area contributed by atoms with Crippen LogP contribution in [0.3, 0.4) is 0 Å². The summed E-state index contributed by atoms with van der Waals surface area (Å²) in [4.78, 5) is 14.3. The molecule has 1 aliphatic heterocycles. The minimum absolute atomic E-state index is 0.251. The van der Waals surface area contributed by atoms with Gasteiger partial charge in [0, 0.05) is 24.7 Å². The molecule has 0 spiro atoms. The summed E-state index contributed by atoms with van der Waals surface area (Å²) in [5.74, 6) is -0.251. The molecule has 1 fully saturated rings. The second kappa shape index (κ2) is 6.71. The number of likely N-dealkylation sites (tertiary alicyclic amines) is 1. The molecule has 0 aromatic carbocycles. The van der Waals surface area contributed by atoms with E-state index in [1.54, 1.807) is 0 Å². The molecule has 0 aliphatic carbocycles. The summed E-state index contributed by atoms with van der Waals surface area (Å²) in [6, 6.07) is 1.48. The molecule has 1 amide bonds. The van der Waals surface area contributed by atoms with E-state index in [9.17, 15) is 4.79 Å². The van der Waals surface area contributed by atoms with Crippen LogP contribution in [-0.2, 0) is 4.79 Å². The van der Waals surface area contributed by atoms with E-state index < -0.39 is 5.54 Å². The molecule has 0 aromatic heterocycles. The first-order valence-electron chi connectivity index (χ1n) is 7.59. The minimum atomic E-state index is -0.606. The molecule has 1 rings (SSSR count). The zero-order valence-electron chi connectivity index (χ0n) is 13.2. The smallest absolute Gasteiger partial charge is 0.237 e. The molecule has 112 valence electrons. The number of rotatable bonds is 6. The Morgan fingerprint density at radius 1 is 1.37 bits per heavy atom. The normalized spacial score (nSPS) is 28.3. The highest BCUT2D eigenvalue weighted by Crippen LogP contribution is 2.24. The van der Waals surface area contributed by atoms with Crippen molar-refractivity contribution in [2.45, 2.75) is 84.0 Å². The molecule has 0 aromatic rings. The maximum Gasteiger partial charge on any atom is 0.237 e. The molecule has 0 saturated carbocycles. The third-order valence-electron chi connectivity index (χ3n) is 4.40. The van der Waals surface area contributed by atoms with Gasteiger partial charge < -0.3 is 11.1 Å². The number of hydrogen-bond donors (Lipinski definition) is 2. The Morgan fingerprint density at radius 3 is 2.32 bits per heavy atom. The lowest BCUT2D eigenvalue weighted by Crippen LogP contribution is -2.57. The van der Waals surface area contributed by atoms with Crippen molar-refractivity contribution in [3.8, 4) is 0 Å². The van der Waals surface area contributed by atoms with Crippen LogP contribution in [0.4, 0.5) is 0 Å². The molecule has 1 aliphatic rings. The Kier molecular flexibility index (Phi) is 5.81. The van der Waals surface area contributed by atoms with E-state index in [0.29, 0.717) is 12.1 Å². The summed E-state index contributed by atoms with van der Waals surface area (Å²) >= 11 is 0. The van der Waals surface area contributed by atoms with Crippen LogP contribution in [0, 0.1) is 0 Å². The van der Waals surface area contributed by atoms with E-state index in [2.05, 4.69) is 24.1 Å². The lowest BCUT2D eigenvalue weighted by Gasteiger charge is -2.41. The van der Waals surface area contributed by atoms with Crippen molar-refractivity contribution >= 4 is 5.91 Å². The number of primary amides is 1. The predicted molar refractivity (Wildman–Crippen MR) is 80.0 cm³/mol. The summed E-state index contributed by atoms with van der Waals surface area (Å²) < 4.78 is 0. The first-order chi connectivity index (χ1) is 8.76. The zero-order chi connectivity index (χ0) is 14.6. The average molecular weight is 269 g/mol. The number of hydrogen-bond acceptors (Lipinski definition) is 3. The maximum absolute atomic E-state index is 11.7. The number of amides is 1. The first-order valence-corrected chi connectivity index (χ1v) is 7.59. The fourth-order valence-corrected chi connectivity index (χ4v) is 3.17. The summed E-state index contributed by atoms with van der Waals surface area (Å²) in [7, 11) is 0. The molecule has 0 radical (unpaired) electrons. The van der Waals surface area contributed by atoms with Crippen molar-refractivity contribution in [2.75, 3.05) is 6.54 Å². The SMILES string of the molecule is CC(C)NC(C)(CCN1[C@H](C)CCC[C@@H]1C)C(N)=O. The van der Waals surface area contributed by atoms with Gasteiger partial charge in [0.15, 0.2) is 0 Å². The molecule has 3 N–H and O–H groups in total. The van der Waals surface area contributed by atoms with E-state index in [1.807, 2.05) is 20.8 Å². The second-order valence-electron chi connectivity index (χ2n) is 6.61. The van der Waals surface area contributed by atoms with E-state index in [4.69, 9.17) is 5.73 Å². The predicted octanol–water partition coefficient (Wildman–Crippen LogP) is 1.88. The van der Waals surface area contributed by atoms with Crippen molar-refractivity contribution < 1.29 is 4.79 Å². The van der Waals surface area contributed by atoms with Crippen LogP contribution in [0.5, 0.6) is 0 Å². The zero-order valence-corrected chi connectivity index (χ0v) is 13.2. The van der Waals surface area contributed by atoms with Gasteiger partial charge >= 0.3 is 0 Å². The Labute approximate surface area is 118 Å². The third-order valence-corrected chi connectivity index (χ3v) is 4.40. The van der Waals surface area contributed by atoms with Gasteiger partial charge in [-0.2, -0.15) is 0 Å². The quantitative estimate of drug-likeness (QED) is 0.774. The topological polar surface area (TPSA) is 58.4 Å². The van der Waals surface area contributed by atoms with E-state index in [0.717, 1.165) is 13.0 Å². The first kappa shape index (κ1) is 16.4. The molecule has 1 unspecified atom stereocenters. The number of carbonyl (C=O) groups excluding carboxylic acids is 1. The van der Waals surface area contributed by atoms with Crippen LogP contribution in [0.1, 0.15) is 60.3 Å². The molecular weight excluding hydrogens is 238 g/mol. The van der Waals surface area contributed by atoms with Gasteiger partial charge in [0.05, 0.1) is 5.54 Å². The van der Waals surface area contributed by atoms with Crippen LogP contribution in [0.25, 0.3) is 0 Å². The highest BCUT2D eigenvalue weighted by Gasteiger charge is 2.33. The van der Waals surface area contributed by atoms with E-state index >= 15 is 0 Å². The van der Waals surface area contributed by atoms with Crippen molar-refractivity contribution in [1.29, 1.82) is 0 Å². The van der Waals surface area contributed by atoms with Gasteiger partial charge in [-0.05, 0) is 53.9 Å². The van der Waals surface area contributed by atoms with Crippen LogP contribution in [0.2, 0.25) is 0 Å². The van der Waals surface area contributed by atoms with E-state index in [-0.39, 0.29) is 11.9 Å². The Balaban J connectivity index is 2.62. The average Bonchev–Trinajstić information content (AvgIpc) is 2.27. The Bertz CT molecular complexity index is 296. The van der Waals surface area contributed by atoms with E-state index in [1.165, 1.54) is 19.3 Å². The monoisotopic (exact) mass is 269 g/mol. The lowest BCUT2D eigenvalue weighted by molar-refractivity contribution is -0.124. The van der Waals surface area contributed by atoms with Crippen LogP contribution in [-0.4, -0.2) is 41.0 Å².